The van der Waals surface area contributed by atoms with Crippen molar-refractivity contribution in [3.05, 3.63) is 23.3 Å². The van der Waals surface area contributed by atoms with Crippen LogP contribution in [0.15, 0.2) is 12.1 Å². The van der Waals surface area contributed by atoms with E-state index in [0.29, 0.717) is 19.8 Å². The Hall–Kier alpha value is -0.885. The first-order chi connectivity index (χ1) is 11.2. The molecule has 0 radical (unpaired) electrons. The lowest BCUT2D eigenvalue weighted by atomic mass is 9.71. The molecule has 0 saturated carbocycles. The van der Waals surface area contributed by atoms with Gasteiger partial charge in [-0.15, -0.1) is 0 Å². The quantitative estimate of drug-likeness (QED) is 0.627. The highest BCUT2D eigenvalue weighted by Gasteiger charge is 2.35. The Labute approximate surface area is 147 Å². The molecule has 1 heterocycles. The molecule has 0 aromatic heterocycles. The first kappa shape index (κ1) is 19.4. The van der Waals surface area contributed by atoms with Crippen LogP contribution in [0, 0.1) is 25.2 Å². The zero-order valence-corrected chi connectivity index (χ0v) is 15.9. The lowest BCUT2D eigenvalue weighted by Gasteiger charge is -2.34. The van der Waals surface area contributed by atoms with E-state index < -0.39 is 11.1 Å². The Bertz CT molecular complexity index is 572. The Morgan fingerprint density at radius 1 is 1.29 bits per heavy atom. The van der Waals surface area contributed by atoms with E-state index in [2.05, 4.69) is 13.8 Å². The van der Waals surface area contributed by atoms with Crippen molar-refractivity contribution >= 4 is 23.7 Å². The third-order valence-corrected chi connectivity index (χ3v) is 4.87. The summed E-state index contributed by atoms with van der Waals surface area (Å²) in [4.78, 5) is 0. The average Bonchev–Trinajstić information content (AvgIpc) is 2.45. The second-order valence-electron chi connectivity index (χ2n) is 7.49. The number of aryl methyl sites for hydroxylation is 2. The van der Waals surface area contributed by atoms with Crippen LogP contribution in [0.1, 0.15) is 31.9 Å². The van der Waals surface area contributed by atoms with Gasteiger partial charge in [-0.25, -0.2) is 4.21 Å². The third kappa shape index (κ3) is 5.31. The number of benzene rings is 1. The molecule has 1 fully saturated rings. The van der Waals surface area contributed by atoms with Gasteiger partial charge in [-0.3, -0.25) is 0 Å². The molecule has 0 spiro atoms. The monoisotopic (exact) mass is 354 g/mol. The van der Waals surface area contributed by atoms with Crippen molar-refractivity contribution in [2.24, 2.45) is 11.3 Å². The molecular formula is C17H27BO5S. The van der Waals surface area contributed by atoms with Gasteiger partial charge in [0.05, 0.1) is 12.4 Å². The Balaban J connectivity index is 2.04. The molecule has 2 unspecified atom stereocenters. The van der Waals surface area contributed by atoms with E-state index in [9.17, 15) is 4.21 Å². The van der Waals surface area contributed by atoms with E-state index in [1.807, 2.05) is 32.9 Å². The molecule has 0 bridgehead atoms. The van der Waals surface area contributed by atoms with Gasteiger partial charge >= 0.3 is 7.12 Å². The second kappa shape index (κ2) is 8.00. The molecule has 1 aromatic carbocycles. The molecular weight excluding hydrogens is 327 g/mol. The van der Waals surface area contributed by atoms with Gasteiger partial charge in [0.15, 0.2) is 11.1 Å². The van der Waals surface area contributed by atoms with Crippen LogP contribution in [0.3, 0.4) is 0 Å². The maximum atomic E-state index is 10.8. The minimum absolute atomic E-state index is 0.0170. The molecule has 1 aliphatic heterocycles. The van der Waals surface area contributed by atoms with Gasteiger partial charge in [0, 0.05) is 24.5 Å². The topological polar surface area (TPSA) is 65.0 Å². The summed E-state index contributed by atoms with van der Waals surface area (Å²) in [5.74, 6) is 0.999. The van der Waals surface area contributed by atoms with Crippen molar-refractivity contribution in [2.75, 3.05) is 25.6 Å². The predicted molar refractivity (Wildman–Crippen MR) is 97.3 cm³/mol. The summed E-state index contributed by atoms with van der Waals surface area (Å²) in [5.41, 5.74) is 3.23. The molecule has 1 saturated heterocycles. The smallest absolute Gasteiger partial charge is 0.493 e. The number of ether oxygens (including phenoxy) is 1. The normalized spacial score (nSPS) is 19.8. The summed E-state index contributed by atoms with van der Waals surface area (Å²) < 4.78 is 37.3. The van der Waals surface area contributed by atoms with E-state index in [0.717, 1.165) is 22.3 Å². The van der Waals surface area contributed by atoms with E-state index in [1.165, 1.54) is 0 Å². The molecule has 7 heteroatoms. The highest BCUT2D eigenvalue weighted by atomic mass is 32.2. The van der Waals surface area contributed by atoms with Crippen molar-refractivity contribution in [1.82, 2.24) is 0 Å². The van der Waals surface area contributed by atoms with E-state index in [4.69, 9.17) is 18.6 Å². The highest BCUT2D eigenvalue weighted by Crippen LogP contribution is 2.24. The molecule has 5 nitrogen and oxygen atoms in total. The fourth-order valence-electron chi connectivity index (χ4n) is 2.78. The Morgan fingerprint density at radius 3 is 2.33 bits per heavy atom. The first-order valence-corrected chi connectivity index (χ1v) is 9.50. The zero-order chi connectivity index (χ0) is 17.9. The van der Waals surface area contributed by atoms with Crippen molar-refractivity contribution in [3.63, 3.8) is 0 Å². The van der Waals surface area contributed by atoms with E-state index in [1.54, 1.807) is 0 Å². The molecule has 1 aliphatic rings. The first-order valence-electron chi connectivity index (χ1n) is 8.22. The lowest BCUT2D eigenvalue weighted by Crippen LogP contribution is -2.49. The molecule has 2 rings (SSSR count). The van der Waals surface area contributed by atoms with Crippen LogP contribution >= 0.6 is 0 Å². The third-order valence-electron chi connectivity index (χ3n) is 4.02. The summed E-state index contributed by atoms with van der Waals surface area (Å²) in [5, 5.41) is 0. The van der Waals surface area contributed by atoms with Crippen molar-refractivity contribution in [3.8, 4) is 5.75 Å². The summed E-state index contributed by atoms with van der Waals surface area (Å²) >= 11 is -1.79. The molecule has 0 amide bonds. The number of hydrogen-bond acceptors (Lipinski definition) is 4. The van der Waals surface area contributed by atoms with Crippen LogP contribution in [0.25, 0.3) is 0 Å². The fraction of sp³-hybridized carbons (Fsp3) is 0.647. The Kier molecular flexibility index (Phi) is 6.48. The van der Waals surface area contributed by atoms with E-state index in [-0.39, 0.29) is 24.2 Å². The standard InChI is InChI=1S/C17H27BO5S/c1-12(9-24(19)20)8-21-15-6-13(2)16(14(3)7-15)18-22-10-17(4,5)11-23-18/h6-7,12H,8-11H2,1-5H3,(H,19,20). The van der Waals surface area contributed by atoms with Crippen LogP contribution in [-0.2, 0) is 20.4 Å². The number of rotatable bonds is 6. The maximum absolute atomic E-state index is 10.8. The Morgan fingerprint density at radius 2 is 1.83 bits per heavy atom. The SMILES string of the molecule is Cc1cc(OCC(C)CS(=O)O)cc(C)c1B1OCC(C)(C)CO1. The van der Waals surface area contributed by atoms with Crippen molar-refractivity contribution in [1.29, 1.82) is 0 Å². The van der Waals surface area contributed by atoms with Crippen LogP contribution in [0.2, 0.25) is 0 Å². The second-order valence-corrected chi connectivity index (χ2v) is 8.47. The maximum Gasteiger partial charge on any atom is 0.494 e. The van der Waals surface area contributed by atoms with E-state index >= 15 is 0 Å². The highest BCUT2D eigenvalue weighted by molar-refractivity contribution is 7.79. The molecule has 1 N–H and O–H groups in total. The predicted octanol–water partition coefficient (Wildman–Crippen LogP) is 2.31. The van der Waals surface area contributed by atoms with Crippen LogP contribution in [0.5, 0.6) is 5.75 Å². The molecule has 1 aromatic rings. The fourth-order valence-corrected chi connectivity index (χ4v) is 3.36. The number of hydrogen-bond donors (Lipinski definition) is 1. The largest absolute Gasteiger partial charge is 0.494 e. The molecule has 2 atom stereocenters. The van der Waals surface area contributed by atoms with Gasteiger partial charge in [0.1, 0.15) is 5.75 Å². The van der Waals surface area contributed by atoms with Gasteiger partial charge in [-0.1, -0.05) is 20.8 Å². The molecule has 0 aliphatic carbocycles. The lowest BCUT2D eigenvalue weighted by molar-refractivity contribution is 0.0342. The minimum Gasteiger partial charge on any atom is -0.493 e. The van der Waals surface area contributed by atoms with Gasteiger partial charge in [-0.2, -0.15) is 0 Å². The van der Waals surface area contributed by atoms with Gasteiger partial charge < -0.3 is 18.6 Å². The summed E-state index contributed by atoms with van der Waals surface area (Å²) in [6.45, 7) is 11.9. The van der Waals surface area contributed by atoms with Crippen LogP contribution in [0.4, 0.5) is 0 Å². The van der Waals surface area contributed by atoms with Crippen molar-refractivity contribution < 1.29 is 22.8 Å². The summed E-state index contributed by atoms with van der Waals surface area (Å²) in [6.07, 6.45) is 0. The summed E-state index contributed by atoms with van der Waals surface area (Å²) in [7, 11) is -0.331. The molecule has 24 heavy (non-hydrogen) atoms. The minimum atomic E-state index is -1.79. The van der Waals surface area contributed by atoms with Gasteiger partial charge in [0.2, 0.25) is 0 Å². The summed E-state index contributed by atoms with van der Waals surface area (Å²) in [6, 6.07) is 3.94. The average molecular weight is 354 g/mol. The van der Waals surface area contributed by atoms with Gasteiger partial charge in [-0.05, 0) is 42.6 Å². The van der Waals surface area contributed by atoms with Crippen LogP contribution < -0.4 is 10.2 Å². The zero-order valence-electron chi connectivity index (χ0n) is 15.1. The molecule has 134 valence electrons. The van der Waals surface area contributed by atoms with Crippen molar-refractivity contribution in [2.45, 2.75) is 34.6 Å². The van der Waals surface area contributed by atoms with Gasteiger partial charge in [0.25, 0.3) is 0 Å². The van der Waals surface area contributed by atoms with Crippen LogP contribution in [-0.4, -0.2) is 41.5 Å².